The summed E-state index contributed by atoms with van der Waals surface area (Å²) in [6.07, 6.45) is -0.0616. The number of anilines is 1. The van der Waals surface area contributed by atoms with Crippen molar-refractivity contribution in [1.82, 2.24) is 4.72 Å². The molecule has 26 heavy (non-hydrogen) atoms. The maximum atomic E-state index is 13.1. The number of ether oxygens (including phenoxy) is 2. The van der Waals surface area contributed by atoms with Crippen LogP contribution in [-0.4, -0.2) is 27.7 Å². The zero-order chi connectivity index (χ0) is 18.7. The molecule has 0 bridgehead atoms. The van der Waals surface area contributed by atoms with Gasteiger partial charge in [-0.15, -0.1) is 0 Å². The quantitative estimate of drug-likeness (QED) is 0.801. The standard InChI is InChI=1S/C17H17FN2O5S/c1-11-8-12(18)2-5-16(11)26(22,23)19-7-6-17(21)20-13-3-4-14-15(9-13)25-10-24-14/h2-5,8-9,19H,6-7,10H2,1H3,(H,20,21). The minimum atomic E-state index is -3.82. The van der Waals surface area contributed by atoms with Gasteiger partial charge >= 0.3 is 0 Å². The third-order valence-corrected chi connectivity index (χ3v) is 5.35. The monoisotopic (exact) mass is 380 g/mol. The van der Waals surface area contributed by atoms with Crippen molar-refractivity contribution in [3.05, 3.63) is 47.8 Å². The van der Waals surface area contributed by atoms with Crippen LogP contribution in [-0.2, 0) is 14.8 Å². The summed E-state index contributed by atoms with van der Waals surface area (Å²) >= 11 is 0. The molecule has 1 amide bonds. The van der Waals surface area contributed by atoms with Gasteiger partial charge in [0.1, 0.15) is 5.82 Å². The van der Waals surface area contributed by atoms with E-state index in [1.807, 2.05) is 0 Å². The Labute approximate surface area is 150 Å². The van der Waals surface area contributed by atoms with E-state index in [2.05, 4.69) is 10.0 Å². The van der Waals surface area contributed by atoms with Crippen LogP contribution in [0.5, 0.6) is 11.5 Å². The summed E-state index contributed by atoms with van der Waals surface area (Å²) in [5.41, 5.74) is 0.818. The van der Waals surface area contributed by atoms with Gasteiger partial charge in [0.2, 0.25) is 22.7 Å². The fraction of sp³-hybridized carbons (Fsp3) is 0.235. The van der Waals surface area contributed by atoms with Crippen LogP contribution in [0.25, 0.3) is 0 Å². The number of rotatable bonds is 6. The summed E-state index contributed by atoms with van der Waals surface area (Å²) in [6.45, 7) is 1.55. The predicted octanol–water partition coefficient (Wildman–Crippen LogP) is 2.17. The van der Waals surface area contributed by atoms with Crippen LogP contribution in [0.15, 0.2) is 41.3 Å². The second-order valence-corrected chi connectivity index (χ2v) is 7.41. The average molecular weight is 380 g/mol. The van der Waals surface area contributed by atoms with E-state index in [-0.39, 0.29) is 30.6 Å². The van der Waals surface area contributed by atoms with E-state index in [0.717, 1.165) is 12.1 Å². The molecule has 1 heterocycles. The highest BCUT2D eigenvalue weighted by Gasteiger charge is 2.18. The molecule has 0 radical (unpaired) electrons. The summed E-state index contributed by atoms with van der Waals surface area (Å²) in [5.74, 6) is 0.271. The Bertz CT molecular complexity index is 946. The maximum absolute atomic E-state index is 13.1. The van der Waals surface area contributed by atoms with E-state index < -0.39 is 15.8 Å². The molecule has 2 aromatic carbocycles. The van der Waals surface area contributed by atoms with Gasteiger partial charge in [0.25, 0.3) is 0 Å². The second kappa shape index (κ2) is 7.30. The fourth-order valence-electron chi connectivity index (χ4n) is 2.49. The van der Waals surface area contributed by atoms with E-state index in [1.54, 1.807) is 18.2 Å². The molecule has 0 saturated carbocycles. The molecule has 3 rings (SSSR count). The lowest BCUT2D eigenvalue weighted by molar-refractivity contribution is -0.116. The van der Waals surface area contributed by atoms with E-state index in [1.165, 1.54) is 13.0 Å². The molecule has 1 aliphatic heterocycles. The van der Waals surface area contributed by atoms with Gasteiger partial charge in [-0.3, -0.25) is 4.79 Å². The smallest absolute Gasteiger partial charge is 0.240 e. The van der Waals surface area contributed by atoms with Crippen molar-refractivity contribution in [3.63, 3.8) is 0 Å². The summed E-state index contributed by atoms with van der Waals surface area (Å²) in [7, 11) is -3.82. The zero-order valence-corrected chi connectivity index (χ0v) is 14.7. The molecule has 138 valence electrons. The summed E-state index contributed by atoms with van der Waals surface area (Å²) in [5, 5.41) is 2.66. The lowest BCUT2D eigenvalue weighted by Crippen LogP contribution is -2.28. The second-order valence-electron chi connectivity index (χ2n) is 5.67. The molecule has 7 nitrogen and oxygen atoms in total. The van der Waals surface area contributed by atoms with Crippen molar-refractivity contribution in [2.45, 2.75) is 18.2 Å². The van der Waals surface area contributed by atoms with Gasteiger partial charge in [-0.1, -0.05) is 0 Å². The van der Waals surface area contributed by atoms with E-state index in [9.17, 15) is 17.6 Å². The fourth-order valence-corrected chi connectivity index (χ4v) is 3.75. The molecule has 9 heteroatoms. The molecule has 2 aromatic rings. The van der Waals surface area contributed by atoms with Gasteiger partial charge in [0.15, 0.2) is 11.5 Å². The number of fused-ring (bicyclic) bond motifs is 1. The Kier molecular flexibility index (Phi) is 5.10. The van der Waals surface area contributed by atoms with Crippen molar-refractivity contribution in [2.75, 3.05) is 18.7 Å². The normalized spacial score (nSPS) is 12.8. The van der Waals surface area contributed by atoms with Gasteiger partial charge in [0, 0.05) is 24.7 Å². The van der Waals surface area contributed by atoms with Gasteiger partial charge < -0.3 is 14.8 Å². The Morgan fingerprint density at radius 1 is 1.15 bits per heavy atom. The number of hydrogen-bond donors (Lipinski definition) is 2. The summed E-state index contributed by atoms with van der Waals surface area (Å²) in [6, 6.07) is 8.39. The summed E-state index contributed by atoms with van der Waals surface area (Å²) < 4.78 is 50.3. The first-order valence-corrected chi connectivity index (χ1v) is 9.29. The average Bonchev–Trinajstić information content (AvgIpc) is 3.01. The van der Waals surface area contributed by atoms with Crippen LogP contribution in [0.4, 0.5) is 10.1 Å². The van der Waals surface area contributed by atoms with Crippen molar-refractivity contribution < 1.29 is 27.1 Å². The number of carbonyl (C=O) groups excluding carboxylic acids is 1. The third kappa shape index (κ3) is 4.12. The molecule has 0 saturated heterocycles. The molecule has 0 unspecified atom stereocenters. The topological polar surface area (TPSA) is 93.7 Å². The predicted molar refractivity (Wildman–Crippen MR) is 92.1 cm³/mol. The number of carbonyl (C=O) groups is 1. The first kappa shape index (κ1) is 18.2. The Morgan fingerprint density at radius 2 is 1.92 bits per heavy atom. The van der Waals surface area contributed by atoms with Crippen LogP contribution in [0.2, 0.25) is 0 Å². The molecule has 0 aliphatic carbocycles. The van der Waals surface area contributed by atoms with Crippen LogP contribution in [0, 0.1) is 12.7 Å². The SMILES string of the molecule is Cc1cc(F)ccc1S(=O)(=O)NCCC(=O)Nc1ccc2c(c1)OCO2. The molecular weight excluding hydrogens is 363 g/mol. The number of sulfonamides is 1. The van der Waals surface area contributed by atoms with E-state index >= 15 is 0 Å². The van der Waals surface area contributed by atoms with E-state index in [4.69, 9.17) is 9.47 Å². The van der Waals surface area contributed by atoms with Gasteiger partial charge in [-0.25, -0.2) is 17.5 Å². The minimum absolute atomic E-state index is 0.0184. The number of nitrogens with one attached hydrogen (secondary N) is 2. The molecule has 0 atom stereocenters. The number of aryl methyl sites for hydroxylation is 1. The molecule has 0 aromatic heterocycles. The van der Waals surface area contributed by atoms with E-state index in [0.29, 0.717) is 22.7 Å². The number of amides is 1. The number of benzene rings is 2. The lowest BCUT2D eigenvalue weighted by Gasteiger charge is -2.10. The zero-order valence-electron chi connectivity index (χ0n) is 13.9. The Balaban J connectivity index is 1.54. The molecular formula is C17H17FN2O5S. The molecule has 1 aliphatic rings. The van der Waals surface area contributed by atoms with Crippen molar-refractivity contribution in [2.24, 2.45) is 0 Å². The third-order valence-electron chi connectivity index (χ3n) is 3.73. The highest BCUT2D eigenvalue weighted by molar-refractivity contribution is 7.89. The maximum Gasteiger partial charge on any atom is 0.240 e. The van der Waals surface area contributed by atoms with Gasteiger partial charge in [0.05, 0.1) is 4.90 Å². The molecule has 2 N–H and O–H groups in total. The highest BCUT2D eigenvalue weighted by Crippen LogP contribution is 2.34. The summed E-state index contributed by atoms with van der Waals surface area (Å²) in [4.78, 5) is 12.0. The van der Waals surface area contributed by atoms with Crippen molar-refractivity contribution >= 4 is 21.6 Å². The molecule has 0 spiro atoms. The van der Waals surface area contributed by atoms with Crippen LogP contribution in [0.1, 0.15) is 12.0 Å². The minimum Gasteiger partial charge on any atom is -0.454 e. The Hall–Kier alpha value is -2.65. The van der Waals surface area contributed by atoms with Crippen LogP contribution < -0.4 is 19.5 Å². The molecule has 0 fully saturated rings. The number of halogens is 1. The highest BCUT2D eigenvalue weighted by atomic mass is 32.2. The first-order chi connectivity index (χ1) is 12.3. The Morgan fingerprint density at radius 3 is 2.69 bits per heavy atom. The number of hydrogen-bond acceptors (Lipinski definition) is 5. The van der Waals surface area contributed by atoms with Crippen LogP contribution in [0.3, 0.4) is 0 Å². The van der Waals surface area contributed by atoms with Crippen molar-refractivity contribution in [1.29, 1.82) is 0 Å². The van der Waals surface area contributed by atoms with Crippen molar-refractivity contribution in [3.8, 4) is 11.5 Å². The van der Waals surface area contributed by atoms with Gasteiger partial charge in [-0.2, -0.15) is 0 Å². The largest absolute Gasteiger partial charge is 0.454 e. The van der Waals surface area contributed by atoms with Gasteiger partial charge in [-0.05, 0) is 42.8 Å². The lowest BCUT2D eigenvalue weighted by atomic mass is 10.2. The van der Waals surface area contributed by atoms with Crippen LogP contribution >= 0.6 is 0 Å². The first-order valence-electron chi connectivity index (χ1n) is 7.80.